The standard InChI is InChI=1S/C16H17N5O3/c22-13-9-12-16(21(13)6-2-8-24-16)5-7-20(12)15(23)10-3-1-4-11-14(10)18-19-17-11/h1,3-4,12H,2,5-9H2,(H,17,18,19)/t12-,16+/m1/s1. The molecule has 0 radical (unpaired) electrons. The van der Waals surface area contributed by atoms with Gasteiger partial charge in [-0.05, 0) is 18.6 Å². The SMILES string of the molecule is O=C(c1cccc2n[nH]nc12)N1CC[C@@]23OCCCN2C(=O)C[C@@H]13. The maximum atomic E-state index is 13.1. The third-order valence-corrected chi connectivity index (χ3v) is 5.45. The number of H-pyrrole nitrogens is 1. The summed E-state index contributed by atoms with van der Waals surface area (Å²) in [6.45, 7) is 1.94. The molecule has 24 heavy (non-hydrogen) atoms. The van der Waals surface area contributed by atoms with Gasteiger partial charge in [-0.3, -0.25) is 9.59 Å². The van der Waals surface area contributed by atoms with E-state index in [9.17, 15) is 9.59 Å². The molecule has 4 heterocycles. The fraction of sp³-hybridized carbons (Fsp3) is 0.500. The van der Waals surface area contributed by atoms with Crippen LogP contribution >= 0.6 is 0 Å². The highest BCUT2D eigenvalue weighted by Crippen LogP contribution is 2.45. The first kappa shape index (κ1) is 13.9. The van der Waals surface area contributed by atoms with Gasteiger partial charge in [0.05, 0.1) is 24.6 Å². The van der Waals surface area contributed by atoms with Crippen LogP contribution in [0.5, 0.6) is 0 Å². The number of carbonyl (C=O) groups is 2. The number of para-hydroxylation sites is 1. The third kappa shape index (κ3) is 1.66. The Kier molecular flexibility index (Phi) is 2.76. The molecule has 3 aliphatic heterocycles. The number of ether oxygens (including phenoxy) is 1. The number of likely N-dealkylation sites (tertiary alicyclic amines) is 1. The Hall–Kier alpha value is -2.48. The summed E-state index contributed by atoms with van der Waals surface area (Å²) in [6.07, 6.45) is 1.86. The average Bonchev–Trinajstić information content (AvgIpc) is 3.26. The van der Waals surface area contributed by atoms with Crippen LogP contribution in [0.3, 0.4) is 0 Å². The molecule has 0 bridgehead atoms. The number of nitrogens with one attached hydrogen (secondary N) is 1. The van der Waals surface area contributed by atoms with E-state index >= 15 is 0 Å². The summed E-state index contributed by atoms with van der Waals surface area (Å²) in [6, 6.07) is 5.15. The Balaban J connectivity index is 1.53. The van der Waals surface area contributed by atoms with Crippen molar-refractivity contribution in [3.63, 3.8) is 0 Å². The van der Waals surface area contributed by atoms with E-state index in [2.05, 4.69) is 15.4 Å². The summed E-state index contributed by atoms with van der Waals surface area (Å²) < 4.78 is 6.05. The molecular weight excluding hydrogens is 310 g/mol. The van der Waals surface area contributed by atoms with Crippen LogP contribution in [-0.2, 0) is 9.53 Å². The van der Waals surface area contributed by atoms with Gasteiger partial charge in [0.2, 0.25) is 5.91 Å². The number of hydrogen-bond donors (Lipinski definition) is 1. The minimum absolute atomic E-state index is 0.0804. The number of nitrogens with zero attached hydrogens (tertiary/aromatic N) is 4. The van der Waals surface area contributed by atoms with Gasteiger partial charge in [-0.2, -0.15) is 15.4 Å². The molecule has 3 aliphatic rings. The summed E-state index contributed by atoms with van der Waals surface area (Å²) in [5.41, 5.74) is 1.12. The van der Waals surface area contributed by atoms with Gasteiger partial charge in [0.1, 0.15) is 11.0 Å². The predicted octanol–water partition coefficient (Wildman–Crippen LogP) is 0.521. The molecule has 1 spiro atoms. The first-order valence-corrected chi connectivity index (χ1v) is 8.25. The van der Waals surface area contributed by atoms with Crippen molar-refractivity contribution in [1.29, 1.82) is 0 Å². The molecule has 0 aliphatic carbocycles. The molecule has 1 N–H and O–H groups in total. The van der Waals surface area contributed by atoms with E-state index in [0.717, 1.165) is 13.0 Å². The lowest BCUT2D eigenvalue weighted by Crippen LogP contribution is -2.56. The van der Waals surface area contributed by atoms with Crippen LogP contribution in [0, 0.1) is 0 Å². The Labute approximate surface area is 137 Å². The molecule has 2 aromatic rings. The molecule has 124 valence electrons. The van der Waals surface area contributed by atoms with Gasteiger partial charge < -0.3 is 14.5 Å². The highest BCUT2D eigenvalue weighted by atomic mass is 16.5. The maximum absolute atomic E-state index is 13.1. The average molecular weight is 327 g/mol. The molecular formula is C16H17N5O3. The molecule has 8 heteroatoms. The van der Waals surface area contributed by atoms with E-state index in [0.29, 0.717) is 42.6 Å². The fourth-order valence-corrected chi connectivity index (χ4v) is 4.39. The largest absolute Gasteiger partial charge is 0.353 e. The second-order valence-corrected chi connectivity index (χ2v) is 6.56. The van der Waals surface area contributed by atoms with Crippen LogP contribution in [0.15, 0.2) is 18.2 Å². The Morgan fingerprint density at radius 2 is 2.25 bits per heavy atom. The van der Waals surface area contributed by atoms with Crippen LogP contribution < -0.4 is 0 Å². The van der Waals surface area contributed by atoms with E-state index in [-0.39, 0.29) is 17.9 Å². The van der Waals surface area contributed by atoms with Crippen molar-refractivity contribution in [2.24, 2.45) is 0 Å². The second kappa shape index (κ2) is 4.76. The van der Waals surface area contributed by atoms with Crippen molar-refractivity contribution in [3.8, 4) is 0 Å². The molecule has 0 saturated carbocycles. The van der Waals surface area contributed by atoms with Crippen LogP contribution in [0.4, 0.5) is 0 Å². The summed E-state index contributed by atoms with van der Waals surface area (Å²) in [4.78, 5) is 29.1. The lowest BCUT2D eigenvalue weighted by Gasteiger charge is -2.42. The molecule has 0 unspecified atom stereocenters. The quantitative estimate of drug-likeness (QED) is 0.824. The van der Waals surface area contributed by atoms with Crippen molar-refractivity contribution in [3.05, 3.63) is 23.8 Å². The van der Waals surface area contributed by atoms with Gasteiger partial charge in [0.15, 0.2) is 5.72 Å². The number of carbonyl (C=O) groups excluding carboxylic acids is 2. The summed E-state index contributed by atoms with van der Waals surface area (Å²) >= 11 is 0. The Morgan fingerprint density at radius 1 is 1.33 bits per heavy atom. The lowest BCUT2D eigenvalue weighted by molar-refractivity contribution is -0.179. The van der Waals surface area contributed by atoms with E-state index in [1.807, 2.05) is 11.0 Å². The number of benzene rings is 1. The number of hydrogen-bond acceptors (Lipinski definition) is 5. The smallest absolute Gasteiger partial charge is 0.256 e. The second-order valence-electron chi connectivity index (χ2n) is 6.56. The van der Waals surface area contributed by atoms with Gasteiger partial charge in [-0.15, -0.1) is 0 Å². The first-order valence-electron chi connectivity index (χ1n) is 8.25. The minimum Gasteiger partial charge on any atom is -0.353 e. The van der Waals surface area contributed by atoms with Crippen molar-refractivity contribution in [1.82, 2.24) is 25.2 Å². The predicted molar refractivity (Wildman–Crippen MR) is 83.0 cm³/mol. The fourth-order valence-electron chi connectivity index (χ4n) is 4.39. The van der Waals surface area contributed by atoms with Crippen molar-refractivity contribution >= 4 is 22.8 Å². The van der Waals surface area contributed by atoms with Crippen LogP contribution in [-0.4, -0.2) is 68.5 Å². The highest BCUT2D eigenvalue weighted by molar-refractivity contribution is 6.05. The lowest BCUT2D eigenvalue weighted by atomic mass is 10.0. The zero-order chi connectivity index (χ0) is 16.3. The van der Waals surface area contributed by atoms with Gasteiger partial charge in [-0.25, -0.2) is 0 Å². The zero-order valence-electron chi connectivity index (χ0n) is 13.1. The molecule has 1 aromatic carbocycles. The number of aromatic amines is 1. The molecule has 3 saturated heterocycles. The van der Waals surface area contributed by atoms with Gasteiger partial charge >= 0.3 is 0 Å². The normalized spacial score (nSPS) is 29.2. The highest BCUT2D eigenvalue weighted by Gasteiger charge is 2.61. The molecule has 3 fully saturated rings. The van der Waals surface area contributed by atoms with Crippen LogP contribution in [0.2, 0.25) is 0 Å². The zero-order valence-corrected chi connectivity index (χ0v) is 13.1. The first-order chi connectivity index (χ1) is 11.7. The van der Waals surface area contributed by atoms with Gasteiger partial charge in [0.25, 0.3) is 5.91 Å². The number of fused-ring (bicyclic) bond motifs is 1. The number of rotatable bonds is 1. The van der Waals surface area contributed by atoms with Crippen molar-refractivity contribution < 1.29 is 14.3 Å². The number of aromatic nitrogens is 3. The Morgan fingerprint density at radius 3 is 3.17 bits per heavy atom. The summed E-state index contributed by atoms with van der Waals surface area (Å²) in [7, 11) is 0. The molecule has 5 rings (SSSR count). The summed E-state index contributed by atoms with van der Waals surface area (Å²) in [5, 5.41) is 10.7. The topological polar surface area (TPSA) is 91.4 Å². The Bertz CT molecular complexity index is 849. The minimum atomic E-state index is -0.622. The van der Waals surface area contributed by atoms with E-state index in [1.54, 1.807) is 17.0 Å². The van der Waals surface area contributed by atoms with E-state index in [4.69, 9.17) is 4.74 Å². The van der Waals surface area contributed by atoms with Crippen LogP contribution in [0.1, 0.15) is 29.6 Å². The van der Waals surface area contributed by atoms with Crippen molar-refractivity contribution in [2.75, 3.05) is 19.7 Å². The molecule has 1 aromatic heterocycles. The van der Waals surface area contributed by atoms with Gasteiger partial charge in [0, 0.05) is 19.5 Å². The molecule has 2 amide bonds. The monoisotopic (exact) mass is 327 g/mol. The molecule has 2 atom stereocenters. The van der Waals surface area contributed by atoms with E-state index < -0.39 is 5.72 Å². The summed E-state index contributed by atoms with van der Waals surface area (Å²) in [5.74, 6) is -0.0305. The third-order valence-electron chi connectivity index (χ3n) is 5.45. The number of amides is 2. The van der Waals surface area contributed by atoms with Crippen molar-refractivity contribution in [2.45, 2.75) is 31.0 Å². The van der Waals surface area contributed by atoms with Crippen LogP contribution in [0.25, 0.3) is 11.0 Å². The van der Waals surface area contributed by atoms with E-state index in [1.165, 1.54) is 0 Å². The van der Waals surface area contributed by atoms with Gasteiger partial charge in [-0.1, -0.05) is 6.07 Å². The molecule has 8 nitrogen and oxygen atoms in total. The maximum Gasteiger partial charge on any atom is 0.256 e.